The molecule has 0 spiro atoms. The molecule has 0 saturated heterocycles. The van der Waals surface area contributed by atoms with Crippen LogP contribution < -0.4 is 5.73 Å². The SMILES string of the molecule is CS(=O)(=O)C1CCCC(C(N)Cc2ccsc2)C1. The molecule has 18 heavy (non-hydrogen) atoms. The second-order valence-corrected chi connectivity index (χ2v) is 8.48. The van der Waals surface area contributed by atoms with Crippen LogP contribution in [0.1, 0.15) is 31.2 Å². The van der Waals surface area contributed by atoms with Gasteiger partial charge < -0.3 is 5.73 Å². The van der Waals surface area contributed by atoms with Gasteiger partial charge in [-0.05, 0) is 54.0 Å². The van der Waals surface area contributed by atoms with E-state index < -0.39 is 9.84 Å². The maximum atomic E-state index is 11.6. The molecule has 0 bridgehead atoms. The van der Waals surface area contributed by atoms with E-state index in [1.165, 1.54) is 11.8 Å². The van der Waals surface area contributed by atoms with Crippen molar-refractivity contribution in [3.63, 3.8) is 0 Å². The monoisotopic (exact) mass is 287 g/mol. The lowest BCUT2D eigenvalue weighted by Crippen LogP contribution is -2.38. The van der Waals surface area contributed by atoms with Crippen molar-refractivity contribution in [2.24, 2.45) is 11.7 Å². The van der Waals surface area contributed by atoms with Gasteiger partial charge in [-0.3, -0.25) is 0 Å². The lowest BCUT2D eigenvalue weighted by Gasteiger charge is -2.31. The molecule has 0 amide bonds. The average molecular weight is 287 g/mol. The first-order valence-electron chi connectivity index (χ1n) is 6.42. The largest absolute Gasteiger partial charge is 0.327 e. The molecule has 1 aliphatic rings. The third kappa shape index (κ3) is 3.56. The quantitative estimate of drug-likeness (QED) is 0.923. The number of sulfone groups is 1. The minimum Gasteiger partial charge on any atom is -0.327 e. The van der Waals surface area contributed by atoms with Crippen molar-refractivity contribution in [3.8, 4) is 0 Å². The molecule has 2 N–H and O–H groups in total. The summed E-state index contributed by atoms with van der Waals surface area (Å²) in [7, 11) is -2.91. The van der Waals surface area contributed by atoms with Crippen LogP contribution >= 0.6 is 11.3 Å². The molecule has 0 radical (unpaired) electrons. The minimum atomic E-state index is -2.91. The summed E-state index contributed by atoms with van der Waals surface area (Å²) >= 11 is 1.68. The molecule has 1 heterocycles. The highest BCUT2D eigenvalue weighted by Crippen LogP contribution is 2.31. The van der Waals surface area contributed by atoms with Gasteiger partial charge >= 0.3 is 0 Å². The zero-order valence-corrected chi connectivity index (χ0v) is 12.3. The topological polar surface area (TPSA) is 60.2 Å². The van der Waals surface area contributed by atoms with Crippen LogP contribution in [0.3, 0.4) is 0 Å². The molecule has 1 saturated carbocycles. The Balaban J connectivity index is 1.96. The van der Waals surface area contributed by atoms with E-state index in [0.29, 0.717) is 5.92 Å². The molecule has 3 unspecified atom stereocenters. The third-order valence-electron chi connectivity index (χ3n) is 3.93. The lowest BCUT2D eigenvalue weighted by atomic mass is 9.82. The first kappa shape index (κ1) is 14.0. The van der Waals surface area contributed by atoms with Crippen molar-refractivity contribution in [1.29, 1.82) is 0 Å². The summed E-state index contributed by atoms with van der Waals surface area (Å²) in [5.41, 5.74) is 7.53. The normalized spacial score (nSPS) is 27.0. The van der Waals surface area contributed by atoms with E-state index in [4.69, 9.17) is 5.73 Å². The van der Waals surface area contributed by atoms with E-state index in [-0.39, 0.29) is 11.3 Å². The number of nitrogens with two attached hydrogens (primary N) is 1. The van der Waals surface area contributed by atoms with Crippen LogP contribution in [0.5, 0.6) is 0 Å². The molecule has 0 aromatic carbocycles. The van der Waals surface area contributed by atoms with Gasteiger partial charge in [0.15, 0.2) is 0 Å². The van der Waals surface area contributed by atoms with E-state index in [0.717, 1.165) is 32.1 Å². The lowest BCUT2D eigenvalue weighted by molar-refractivity contribution is 0.304. The Hall–Kier alpha value is -0.390. The van der Waals surface area contributed by atoms with Gasteiger partial charge in [0.1, 0.15) is 9.84 Å². The Kier molecular flexibility index (Phi) is 4.45. The molecule has 1 aromatic heterocycles. The second-order valence-electron chi connectivity index (χ2n) is 5.38. The van der Waals surface area contributed by atoms with Gasteiger partial charge in [-0.1, -0.05) is 6.42 Å². The highest BCUT2D eigenvalue weighted by molar-refractivity contribution is 7.91. The smallest absolute Gasteiger partial charge is 0.150 e. The Morgan fingerprint density at radius 1 is 1.50 bits per heavy atom. The molecule has 1 aromatic rings. The van der Waals surface area contributed by atoms with E-state index >= 15 is 0 Å². The Bertz CT molecular complexity index is 467. The van der Waals surface area contributed by atoms with Crippen LogP contribution in [0.15, 0.2) is 16.8 Å². The molecule has 5 heteroatoms. The van der Waals surface area contributed by atoms with E-state index in [2.05, 4.69) is 16.8 Å². The average Bonchev–Trinajstić information content (AvgIpc) is 2.81. The van der Waals surface area contributed by atoms with Crippen molar-refractivity contribution in [2.75, 3.05) is 6.26 Å². The molecule has 0 aliphatic heterocycles. The molecule has 1 fully saturated rings. The van der Waals surface area contributed by atoms with Crippen LogP contribution in [0.25, 0.3) is 0 Å². The fourth-order valence-corrected chi connectivity index (χ4v) is 4.68. The predicted octanol–water partition coefficient (Wildman–Crippen LogP) is 2.22. The van der Waals surface area contributed by atoms with Crippen LogP contribution in [0.2, 0.25) is 0 Å². The fourth-order valence-electron chi connectivity index (χ4n) is 2.81. The van der Waals surface area contributed by atoms with Crippen molar-refractivity contribution < 1.29 is 8.42 Å². The Morgan fingerprint density at radius 2 is 2.28 bits per heavy atom. The standard InChI is InChI=1S/C13H21NO2S2/c1-18(15,16)12-4-2-3-11(8-12)13(14)7-10-5-6-17-9-10/h5-6,9,11-13H,2-4,7-8,14H2,1H3. The zero-order chi connectivity index (χ0) is 13.2. The van der Waals surface area contributed by atoms with Gasteiger partial charge in [-0.25, -0.2) is 8.42 Å². The van der Waals surface area contributed by atoms with Crippen LogP contribution in [0, 0.1) is 5.92 Å². The maximum absolute atomic E-state index is 11.6. The summed E-state index contributed by atoms with van der Waals surface area (Å²) in [5.74, 6) is 0.346. The van der Waals surface area contributed by atoms with Crippen molar-refractivity contribution in [3.05, 3.63) is 22.4 Å². The van der Waals surface area contributed by atoms with Crippen LogP contribution in [-0.4, -0.2) is 26.0 Å². The molecular formula is C13H21NO2S2. The summed E-state index contributed by atoms with van der Waals surface area (Å²) in [6.45, 7) is 0. The van der Waals surface area contributed by atoms with E-state index in [9.17, 15) is 8.42 Å². The zero-order valence-electron chi connectivity index (χ0n) is 10.7. The van der Waals surface area contributed by atoms with Crippen molar-refractivity contribution >= 4 is 21.2 Å². The van der Waals surface area contributed by atoms with Gasteiger partial charge in [0, 0.05) is 12.3 Å². The maximum Gasteiger partial charge on any atom is 0.150 e. The summed E-state index contributed by atoms with van der Waals surface area (Å²) in [6.07, 6.45) is 5.82. The van der Waals surface area contributed by atoms with E-state index in [1.807, 2.05) is 0 Å². The second kappa shape index (κ2) is 5.72. The summed E-state index contributed by atoms with van der Waals surface area (Å²) < 4.78 is 23.3. The van der Waals surface area contributed by atoms with Gasteiger partial charge in [-0.2, -0.15) is 11.3 Å². The fraction of sp³-hybridized carbons (Fsp3) is 0.692. The van der Waals surface area contributed by atoms with Crippen molar-refractivity contribution in [2.45, 2.75) is 43.4 Å². The summed E-state index contributed by atoms with van der Waals surface area (Å²) in [5, 5.41) is 4.00. The van der Waals surface area contributed by atoms with Gasteiger partial charge in [0.2, 0.25) is 0 Å². The molecule has 2 rings (SSSR count). The van der Waals surface area contributed by atoms with Gasteiger partial charge in [0.25, 0.3) is 0 Å². The van der Waals surface area contributed by atoms with Gasteiger partial charge in [0.05, 0.1) is 5.25 Å². The molecule has 102 valence electrons. The highest BCUT2D eigenvalue weighted by Gasteiger charge is 2.31. The van der Waals surface area contributed by atoms with Crippen molar-refractivity contribution in [1.82, 2.24) is 0 Å². The molecular weight excluding hydrogens is 266 g/mol. The van der Waals surface area contributed by atoms with Gasteiger partial charge in [-0.15, -0.1) is 0 Å². The number of hydrogen-bond donors (Lipinski definition) is 1. The third-order valence-corrected chi connectivity index (χ3v) is 6.30. The first-order chi connectivity index (χ1) is 8.47. The predicted molar refractivity (Wildman–Crippen MR) is 76.6 cm³/mol. The summed E-state index contributed by atoms with van der Waals surface area (Å²) in [6, 6.07) is 2.19. The Morgan fingerprint density at radius 3 is 2.89 bits per heavy atom. The number of thiophene rings is 1. The van der Waals surface area contributed by atoms with E-state index in [1.54, 1.807) is 11.3 Å². The van der Waals surface area contributed by atoms with Crippen LogP contribution in [0.4, 0.5) is 0 Å². The molecule has 1 aliphatic carbocycles. The first-order valence-corrected chi connectivity index (χ1v) is 9.32. The molecule has 3 nitrogen and oxygen atoms in total. The number of rotatable bonds is 4. The van der Waals surface area contributed by atoms with Crippen LogP contribution in [-0.2, 0) is 16.3 Å². The molecule has 3 atom stereocenters. The Labute approximate surface area is 113 Å². The minimum absolute atomic E-state index is 0.0872. The number of hydrogen-bond acceptors (Lipinski definition) is 4. The highest BCUT2D eigenvalue weighted by atomic mass is 32.2. The summed E-state index contributed by atoms with van der Waals surface area (Å²) in [4.78, 5) is 0.